The number of hydrogen-bond acceptors (Lipinski definition) is 3. The van der Waals surface area contributed by atoms with E-state index in [0.717, 1.165) is 29.8 Å². The van der Waals surface area contributed by atoms with Crippen LogP contribution in [0.5, 0.6) is 11.5 Å². The van der Waals surface area contributed by atoms with Crippen LogP contribution in [0.15, 0.2) is 48.5 Å². The van der Waals surface area contributed by atoms with Crippen molar-refractivity contribution in [2.45, 2.75) is 33.6 Å². The summed E-state index contributed by atoms with van der Waals surface area (Å²) in [4.78, 5) is 12.1. The summed E-state index contributed by atoms with van der Waals surface area (Å²) in [5, 5.41) is 2.86. The van der Waals surface area contributed by atoms with Gasteiger partial charge < -0.3 is 14.8 Å². The van der Waals surface area contributed by atoms with Gasteiger partial charge in [-0.15, -0.1) is 0 Å². The summed E-state index contributed by atoms with van der Waals surface area (Å²) in [5.74, 6) is 1.80. The van der Waals surface area contributed by atoms with E-state index in [-0.39, 0.29) is 5.91 Å². The van der Waals surface area contributed by atoms with E-state index >= 15 is 0 Å². The average molecular weight is 367 g/mol. The predicted octanol–water partition coefficient (Wildman–Crippen LogP) is 5.33. The van der Waals surface area contributed by atoms with Crippen molar-refractivity contribution >= 4 is 17.7 Å². The highest BCUT2D eigenvalue weighted by atomic mass is 16.5. The van der Waals surface area contributed by atoms with Crippen molar-refractivity contribution in [1.82, 2.24) is 0 Å². The third-order valence-electron chi connectivity index (χ3n) is 4.20. The van der Waals surface area contributed by atoms with Gasteiger partial charge in [0.05, 0.1) is 13.7 Å². The van der Waals surface area contributed by atoms with Crippen molar-refractivity contribution in [2.75, 3.05) is 19.0 Å². The van der Waals surface area contributed by atoms with Crippen molar-refractivity contribution in [3.8, 4) is 11.5 Å². The second-order valence-electron chi connectivity index (χ2n) is 6.81. The van der Waals surface area contributed by atoms with E-state index < -0.39 is 0 Å². The maximum atomic E-state index is 12.1. The Bertz CT molecular complexity index is 764. The Morgan fingerprint density at radius 3 is 2.48 bits per heavy atom. The van der Waals surface area contributed by atoms with Gasteiger partial charge in [-0.1, -0.05) is 39.0 Å². The minimum Gasteiger partial charge on any atom is -0.493 e. The van der Waals surface area contributed by atoms with Gasteiger partial charge in [0, 0.05) is 11.8 Å². The van der Waals surface area contributed by atoms with Gasteiger partial charge in [-0.2, -0.15) is 0 Å². The van der Waals surface area contributed by atoms with Crippen molar-refractivity contribution in [3.63, 3.8) is 0 Å². The Balaban J connectivity index is 1.97. The molecule has 0 saturated carbocycles. The summed E-state index contributed by atoms with van der Waals surface area (Å²) in [6.45, 7) is 7.09. The van der Waals surface area contributed by atoms with Crippen molar-refractivity contribution in [1.29, 1.82) is 0 Å². The molecule has 0 unspecified atom stereocenters. The van der Waals surface area contributed by atoms with Gasteiger partial charge in [0.15, 0.2) is 11.5 Å². The maximum absolute atomic E-state index is 12.1. The molecule has 0 spiro atoms. The van der Waals surface area contributed by atoms with Gasteiger partial charge in [-0.05, 0) is 60.2 Å². The number of carbonyl (C=O) groups is 1. The number of nitrogens with one attached hydrogen (secondary N) is 1. The molecule has 2 rings (SSSR count). The Labute approximate surface area is 162 Å². The molecule has 0 aliphatic rings. The van der Waals surface area contributed by atoms with Crippen molar-refractivity contribution in [3.05, 3.63) is 59.7 Å². The molecular formula is C23H29NO3. The summed E-state index contributed by atoms with van der Waals surface area (Å²) in [6, 6.07) is 13.5. The molecule has 144 valence electrons. The minimum atomic E-state index is -0.171. The molecule has 0 heterocycles. The van der Waals surface area contributed by atoms with Gasteiger partial charge in [0.1, 0.15) is 0 Å². The lowest BCUT2D eigenvalue weighted by molar-refractivity contribution is -0.111. The predicted molar refractivity (Wildman–Crippen MR) is 111 cm³/mol. The third kappa shape index (κ3) is 6.81. The number of anilines is 1. The zero-order valence-electron chi connectivity index (χ0n) is 16.6. The van der Waals surface area contributed by atoms with E-state index in [1.807, 2.05) is 42.5 Å². The molecule has 0 aliphatic carbocycles. The van der Waals surface area contributed by atoms with Crippen molar-refractivity contribution < 1.29 is 14.3 Å². The molecule has 0 bridgehead atoms. The van der Waals surface area contributed by atoms with Crippen LogP contribution in [0.1, 0.15) is 38.3 Å². The molecule has 0 radical (unpaired) electrons. The highest BCUT2D eigenvalue weighted by molar-refractivity contribution is 6.01. The maximum Gasteiger partial charge on any atom is 0.248 e. The fourth-order valence-corrected chi connectivity index (χ4v) is 2.49. The first-order valence-corrected chi connectivity index (χ1v) is 9.40. The fourth-order valence-electron chi connectivity index (χ4n) is 2.49. The van der Waals surface area contributed by atoms with Gasteiger partial charge in [0.25, 0.3) is 0 Å². The van der Waals surface area contributed by atoms with E-state index in [9.17, 15) is 4.79 Å². The van der Waals surface area contributed by atoms with Crippen LogP contribution in [-0.2, 0) is 11.2 Å². The van der Waals surface area contributed by atoms with Crippen LogP contribution in [0.3, 0.4) is 0 Å². The Morgan fingerprint density at radius 2 is 1.85 bits per heavy atom. The molecule has 27 heavy (non-hydrogen) atoms. The molecule has 2 aromatic carbocycles. The Kier molecular flexibility index (Phi) is 7.93. The molecule has 0 fully saturated rings. The largest absolute Gasteiger partial charge is 0.493 e. The first-order chi connectivity index (χ1) is 13.0. The molecule has 0 aromatic heterocycles. The number of methoxy groups -OCH3 is 1. The highest BCUT2D eigenvalue weighted by Gasteiger charge is 2.06. The molecule has 2 aromatic rings. The Morgan fingerprint density at radius 1 is 1.11 bits per heavy atom. The summed E-state index contributed by atoms with van der Waals surface area (Å²) < 4.78 is 11.2. The third-order valence-corrected chi connectivity index (χ3v) is 4.20. The summed E-state index contributed by atoms with van der Waals surface area (Å²) in [5.41, 5.74) is 2.90. The van der Waals surface area contributed by atoms with Crippen LogP contribution in [0.2, 0.25) is 0 Å². The zero-order valence-corrected chi connectivity index (χ0v) is 16.6. The van der Waals surface area contributed by atoms with E-state index in [1.165, 1.54) is 11.6 Å². The van der Waals surface area contributed by atoms with Crippen LogP contribution in [0.25, 0.3) is 6.08 Å². The van der Waals surface area contributed by atoms with Crippen molar-refractivity contribution in [2.24, 2.45) is 5.92 Å². The van der Waals surface area contributed by atoms with E-state index in [0.29, 0.717) is 18.3 Å². The topological polar surface area (TPSA) is 47.6 Å². The first kappa shape index (κ1) is 20.6. The van der Waals surface area contributed by atoms with Crippen LogP contribution in [0.4, 0.5) is 5.69 Å². The quantitative estimate of drug-likeness (QED) is 0.609. The fraction of sp³-hybridized carbons (Fsp3) is 0.348. The number of carbonyl (C=O) groups excluding carboxylic acids is 1. The molecule has 0 aliphatic heterocycles. The minimum absolute atomic E-state index is 0.171. The number of amides is 1. The van der Waals surface area contributed by atoms with Gasteiger partial charge in [-0.25, -0.2) is 0 Å². The summed E-state index contributed by atoms with van der Waals surface area (Å²) in [7, 11) is 1.62. The van der Waals surface area contributed by atoms with Crippen LogP contribution >= 0.6 is 0 Å². The first-order valence-electron chi connectivity index (χ1n) is 9.40. The van der Waals surface area contributed by atoms with E-state index in [2.05, 4.69) is 26.1 Å². The number of hydrogen-bond donors (Lipinski definition) is 1. The molecule has 1 amide bonds. The highest BCUT2D eigenvalue weighted by Crippen LogP contribution is 2.29. The number of aryl methyl sites for hydroxylation is 1. The van der Waals surface area contributed by atoms with Crippen LogP contribution < -0.4 is 14.8 Å². The second kappa shape index (κ2) is 10.4. The summed E-state index contributed by atoms with van der Waals surface area (Å²) >= 11 is 0. The SMILES string of the molecule is CCc1ccc(NC(=O)C=Cc2ccc(OCCC(C)C)c(OC)c2)cc1. The average Bonchev–Trinajstić information content (AvgIpc) is 2.67. The Hall–Kier alpha value is -2.75. The number of rotatable bonds is 9. The van der Waals surface area contributed by atoms with Gasteiger partial charge in [-0.3, -0.25) is 4.79 Å². The van der Waals surface area contributed by atoms with Gasteiger partial charge in [0.2, 0.25) is 5.91 Å². The van der Waals surface area contributed by atoms with E-state index in [1.54, 1.807) is 13.2 Å². The smallest absolute Gasteiger partial charge is 0.248 e. The molecule has 1 N–H and O–H groups in total. The lowest BCUT2D eigenvalue weighted by atomic mass is 10.1. The lowest BCUT2D eigenvalue weighted by Crippen LogP contribution is -2.07. The number of benzene rings is 2. The molecule has 0 saturated heterocycles. The molecule has 4 heteroatoms. The second-order valence-corrected chi connectivity index (χ2v) is 6.81. The molecule has 4 nitrogen and oxygen atoms in total. The molecule has 0 atom stereocenters. The zero-order chi connectivity index (χ0) is 19.6. The van der Waals surface area contributed by atoms with Crippen LogP contribution in [-0.4, -0.2) is 19.6 Å². The monoisotopic (exact) mass is 367 g/mol. The summed E-state index contributed by atoms with van der Waals surface area (Å²) in [6.07, 6.45) is 5.25. The lowest BCUT2D eigenvalue weighted by Gasteiger charge is -2.12. The number of ether oxygens (including phenoxy) is 2. The normalized spacial score (nSPS) is 11.0. The van der Waals surface area contributed by atoms with Gasteiger partial charge >= 0.3 is 0 Å². The standard InChI is InChI=1S/C23H29NO3/c1-5-18-6-10-20(11-7-18)24-23(25)13-9-19-8-12-21(22(16-19)26-4)27-15-14-17(2)3/h6-13,16-17H,5,14-15H2,1-4H3,(H,24,25). The molecular weight excluding hydrogens is 338 g/mol. The van der Waals surface area contributed by atoms with E-state index in [4.69, 9.17) is 9.47 Å². The van der Waals surface area contributed by atoms with Crippen LogP contribution in [0, 0.1) is 5.92 Å².